The third-order valence-electron chi connectivity index (χ3n) is 1.90. The SMILES string of the molecule is CCn1cc(CNC(C)CBr)cn1. The number of rotatable bonds is 5. The Hall–Kier alpha value is -0.350. The molecule has 1 heterocycles. The van der Waals surface area contributed by atoms with Crippen molar-refractivity contribution in [3.8, 4) is 0 Å². The summed E-state index contributed by atoms with van der Waals surface area (Å²) in [5.41, 5.74) is 1.25. The maximum atomic E-state index is 4.20. The Labute approximate surface area is 87.6 Å². The summed E-state index contributed by atoms with van der Waals surface area (Å²) in [7, 11) is 0. The van der Waals surface area contributed by atoms with E-state index in [1.807, 2.05) is 10.9 Å². The van der Waals surface area contributed by atoms with E-state index in [0.717, 1.165) is 18.4 Å². The molecule has 0 aromatic carbocycles. The van der Waals surface area contributed by atoms with Crippen molar-refractivity contribution in [1.82, 2.24) is 15.1 Å². The lowest BCUT2D eigenvalue weighted by Gasteiger charge is -2.08. The van der Waals surface area contributed by atoms with Gasteiger partial charge in [0.25, 0.3) is 0 Å². The highest BCUT2D eigenvalue weighted by Gasteiger charge is 2.00. The lowest BCUT2D eigenvalue weighted by Crippen LogP contribution is -2.26. The first-order chi connectivity index (χ1) is 6.26. The molecule has 4 heteroatoms. The Morgan fingerprint density at radius 1 is 1.69 bits per heavy atom. The summed E-state index contributed by atoms with van der Waals surface area (Å²) in [6.45, 7) is 6.07. The Morgan fingerprint density at radius 3 is 3.00 bits per heavy atom. The molecule has 1 rings (SSSR count). The highest BCUT2D eigenvalue weighted by Crippen LogP contribution is 1.98. The predicted octanol–water partition coefficient (Wildman–Crippen LogP) is 1.78. The Bertz CT molecular complexity index is 247. The molecule has 13 heavy (non-hydrogen) atoms. The van der Waals surface area contributed by atoms with Crippen molar-refractivity contribution in [3.05, 3.63) is 18.0 Å². The second-order valence-electron chi connectivity index (χ2n) is 3.14. The van der Waals surface area contributed by atoms with Crippen LogP contribution in [0.2, 0.25) is 0 Å². The minimum atomic E-state index is 0.505. The third-order valence-corrected chi connectivity index (χ3v) is 2.87. The molecule has 3 nitrogen and oxygen atoms in total. The Balaban J connectivity index is 2.36. The van der Waals surface area contributed by atoms with Gasteiger partial charge in [-0.05, 0) is 13.8 Å². The molecule has 0 aliphatic heterocycles. The van der Waals surface area contributed by atoms with Crippen molar-refractivity contribution in [2.75, 3.05) is 5.33 Å². The van der Waals surface area contributed by atoms with Crippen molar-refractivity contribution in [3.63, 3.8) is 0 Å². The fourth-order valence-corrected chi connectivity index (χ4v) is 1.25. The van der Waals surface area contributed by atoms with E-state index >= 15 is 0 Å². The van der Waals surface area contributed by atoms with Gasteiger partial charge in [0.05, 0.1) is 6.20 Å². The van der Waals surface area contributed by atoms with Gasteiger partial charge in [0, 0.05) is 36.2 Å². The number of nitrogens with zero attached hydrogens (tertiary/aromatic N) is 2. The average Bonchev–Trinajstić information content (AvgIpc) is 2.61. The quantitative estimate of drug-likeness (QED) is 0.802. The van der Waals surface area contributed by atoms with Crippen molar-refractivity contribution in [2.24, 2.45) is 0 Å². The summed E-state index contributed by atoms with van der Waals surface area (Å²) >= 11 is 3.42. The zero-order chi connectivity index (χ0) is 9.68. The molecule has 0 bridgehead atoms. The van der Waals surface area contributed by atoms with Crippen LogP contribution in [0.4, 0.5) is 0 Å². The van der Waals surface area contributed by atoms with Gasteiger partial charge in [-0.2, -0.15) is 5.10 Å². The fraction of sp³-hybridized carbons (Fsp3) is 0.667. The van der Waals surface area contributed by atoms with Crippen molar-refractivity contribution in [1.29, 1.82) is 0 Å². The summed E-state index contributed by atoms with van der Waals surface area (Å²) in [5, 5.41) is 8.57. The molecule has 1 N–H and O–H groups in total. The van der Waals surface area contributed by atoms with Crippen LogP contribution >= 0.6 is 15.9 Å². The number of aryl methyl sites for hydroxylation is 1. The number of alkyl halides is 1. The lowest BCUT2D eigenvalue weighted by atomic mass is 10.3. The molecule has 1 unspecified atom stereocenters. The molecule has 1 aromatic heterocycles. The maximum absolute atomic E-state index is 4.20. The second kappa shape index (κ2) is 5.40. The zero-order valence-corrected chi connectivity index (χ0v) is 9.71. The molecule has 0 radical (unpaired) electrons. The van der Waals surface area contributed by atoms with Gasteiger partial charge < -0.3 is 5.32 Å². The summed E-state index contributed by atoms with van der Waals surface area (Å²) in [5.74, 6) is 0. The standard InChI is InChI=1S/C9H16BrN3/c1-3-13-7-9(6-12-13)5-11-8(2)4-10/h6-8,11H,3-5H2,1-2H3. The van der Waals surface area contributed by atoms with Gasteiger partial charge >= 0.3 is 0 Å². The number of hydrogen-bond donors (Lipinski definition) is 1. The molecule has 0 amide bonds. The summed E-state index contributed by atoms with van der Waals surface area (Å²) < 4.78 is 1.94. The molecule has 1 atom stereocenters. The molecule has 0 spiro atoms. The first-order valence-electron chi connectivity index (χ1n) is 4.57. The average molecular weight is 246 g/mol. The van der Waals surface area contributed by atoms with Crippen LogP contribution in [-0.4, -0.2) is 21.2 Å². The number of nitrogens with one attached hydrogen (secondary N) is 1. The van der Waals surface area contributed by atoms with Gasteiger partial charge in [-0.3, -0.25) is 4.68 Å². The molecule has 0 aliphatic rings. The van der Waals surface area contributed by atoms with E-state index in [4.69, 9.17) is 0 Å². The van der Waals surface area contributed by atoms with E-state index in [9.17, 15) is 0 Å². The first-order valence-corrected chi connectivity index (χ1v) is 5.69. The van der Waals surface area contributed by atoms with E-state index in [1.54, 1.807) is 0 Å². The van der Waals surface area contributed by atoms with Crippen LogP contribution in [0.15, 0.2) is 12.4 Å². The Morgan fingerprint density at radius 2 is 2.46 bits per heavy atom. The summed E-state index contributed by atoms with van der Waals surface area (Å²) in [4.78, 5) is 0. The lowest BCUT2D eigenvalue weighted by molar-refractivity contribution is 0.597. The van der Waals surface area contributed by atoms with Crippen LogP contribution in [0.25, 0.3) is 0 Å². The van der Waals surface area contributed by atoms with Crippen LogP contribution in [-0.2, 0) is 13.1 Å². The van der Waals surface area contributed by atoms with E-state index in [0.29, 0.717) is 6.04 Å². The Kier molecular flexibility index (Phi) is 4.45. The molecular weight excluding hydrogens is 230 g/mol. The number of hydrogen-bond acceptors (Lipinski definition) is 2. The summed E-state index contributed by atoms with van der Waals surface area (Å²) in [6.07, 6.45) is 3.99. The highest BCUT2D eigenvalue weighted by molar-refractivity contribution is 9.09. The van der Waals surface area contributed by atoms with Crippen molar-refractivity contribution in [2.45, 2.75) is 33.0 Å². The third kappa shape index (κ3) is 3.48. The minimum absolute atomic E-state index is 0.505. The van der Waals surface area contributed by atoms with Crippen LogP contribution in [0.1, 0.15) is 19.4 Å². The zero-order valence-electron chi connectivity index (χ0n) is 8.13. The van der Waals surface area contributed by atoms with Gasteiger partial charge in [-0.15, -0.1) is 0 Å². The normalized spacial score (nSPS) is 13.2. The second-order valence-corrected chi connectivity index (χ2v) is 3.79. The molecule has 0 saturated heterocycles. The molecule has 0 fully saturated rings. The van der Waals surface area contributed by atoms with E-state index in [-0.39, 0.29) is 0 Å². The maximum Gasteiger partial charge on any atom is 0.0534 e. The topological polar surface area (TPSA) is 29.9 Å². The molecule has 1 aromatic rings. The van der Waals surface area contributed by atoms with E-state index < -0.39 is 0 Å². The predicted molar refractivity (Wildman–Crippen MR) is 58.0 cm³/mol. The molecular formula is C9H16BrN3. The van der Waals surface area contributed by atoms with Gasteiger partial charge in [0.1, 0.15) is 0 Å². The monoisotopic (exact) mass is 245 g/mol. The van der Waals surface area contributed by atoms with Crippen LogP contribution < -0.4 is 5.32 Å². The summed E-state index contributed by atoms with van der Waals surface area (Å²) in [6, 6.07) is 0.505. The smallest absolute Gasteiger partial charge is 0.0534 e. The van der Waals surface area contributed by atoms with Crippen LogP contribution in [0.5, 0.6) is 0 Å². The molecule has 74 valence electrons. The van der Waals surface area contributed by atoms with Crippen molar-refractivity contribution >= 4 is 15.9 Å². The number of halogens is 1. The fourth-order valence-electron chi connectivity index (χ4n) is 1.02. The van der Waals surface area contributed by atoms with Gasteiger partial charge in [-0.25, -0.2) is 0 Å². The van der Waals surface area contributed by atoms with E-state index in [1.165, 1.54) is 5.56 Å². The van der Waals surface area contributed by atoms with Gasteiger partial charge in [0.15, 0.2) is 0 Å². The van der Waals surface area contributed by atoms with Crippen LogP contribution in [0, 0.1) is 0 Å². The van der Waals surface area contributed by atoms with Gasteiger partial charge in [0.2, 0.25) is 0 Å². The highest BCUT2D eigenvalue weighted by atomic mass is 79.9. The number of aromatic nitrogens is 2. The largest absolute Gasteiger partial charge is 0.309 e. The molecule has 0 aliphatic carbocycles. The first kappa shape index (κ1) is 10.7. The van der Waals surface area contributed by atoms with E-state index in [2.05, 4.69) is 46.4 Å². The minimum Gasteiger partial charge on any atom is -0.309 e. The van der Waals surface area contributed by atoms with Crippen molar-refractivity contribution < 1.29 is 0 Å². The van der Waals surface area contributed by atoms with Gasteiger partial charge in [-0.1, -0.05) is 15.9 Å². The van der Waals surface area contributed by atoms with Crippen LogP contribution in [0.3, 0.4) is 0 Å². The molecule has 0 saturated carbocycles.